The van der Waals surface area contributed by atoms with Crippen molar-refractivity contribution >= 4 is 28.9 Å². The minimum Gasteiger partial charge on any atom is -0.451 e. The number of ether oxygens (including phenoxy) is 1. The smallest absolute Gasteiger partial charge is 0.348 e. The van der Waals surface area contributed by atoms with Gasteiger partial charge in [0, 0.05) is 10.6 Å². The fourth-order valence-corrected chi connectivity index (χ4v) is 4.37. The van der Waals surface area contributed by atoms with E-state index in [9.17, 15) is 9.59 Å². The number of amides is 1. The average Bonchev–Trinajstić information content (AvgIpc) is 3.10. The lowest BCUT2D eigenvalue weighted by Gasteiger charge is -2.19. The van der Waals surface area contributed by atoms with Crippen molar-refractivity contribution in [2.24, 2.45) is 5.92 Å². The van der Waals surface area contributed by atoms with Gasteiger partial charge in [-0.3, -0.25) is 4.79 Å². The van der Waals surface area contributed by atoms with E-state index in [2.05, 4.69) is 19.2 Å². The number of carbonyl (C=O) groups is 2. The number of anilines is 1. The van der Waals surface area contributed by atoms with E-state index in [4.69, 9.17) is 4.74 Å². The third-order valence-electron chi connectivity index (χ3n) is 4.94. The van der Waals surface area contributed by atoms with E-state index in [0.717, 1.165) is 19.3 Å². The van der Waals surface area contributed by atoms with E-state index in [0.29, 0.717) is 16.5 Å². The van der Waals surface area contributed by atoms with Crippen LogP contribution in [0.5, 0.6) is 0 Å². The first kappa shape index (κ1) is 18.6. The van der Waals surface area contributed by atoms with E-state index < -0.39 is 5.97 Å². The van der Waals surface area contributed by atoms with Gasteiger partial charge in [0.05, 0.1) is 0 Å². The van der Waals surface area contributed by atoms with Gasteiger partial charge in [-0.1, -0.05) is 32.4 Å². The molecular formula is C21H25NO3S. The fourth-order valence-electron chi connectivity index (χ4n) is 3.27. The largest absolute Gasteiger partial charge is 0.451 e. The van der Waals surface area contributed by atoms with Crippen LogP contribution in [0.15, 0.2) is 30.3 Å². The number of hydrogen-bond donors (Lipinski definition) is 1. The van der Waals surface area contributed by atoms with Crippen LogP contribution in [-0.2, 0) is 28.8 Å². The highest BCUT2D eigenvalue weighted by atomic mass is 32.1. The molecule has 0 saturated carbocycles. The van der Waals surface area contributed by atoms with E-state index in [1.165, 1.54) is 40.2 Å². The topological polar surface area (TPSA) is 55.4 Å². The van der Waals surface area contributed by atoms with Crippen molar-refractivity contribution in [3.05, 3.63) is 51.2 Å². The molecule has 0 radical (unpaired) electrons. The Hall–Kier alpha value is -2.14. The highest BCUT2D eigenvalue weighted by molar-refractivity contribution is 7.14. The van der Waals surface area contributed by atoms with E-state index in [1.807, 2.05) is 30.3 Å². The van der Waals surface area contributed by atoms with Crippen molar-refractivity contribution in [2.75, 3.05) is 11.9 Å². The Kier molecular flexibility index (Phi) is 6.09. The number of esters is 1. The van der Waals surface area contributed by atoms with Crippen molar-refractivity contribution in [3.63, 3.8) is 0 Å². The molecule has 1 atom stereocenters. The molecule has 0 bridgehead atoms. The monoisotopic (exact) mass is 371 g/mol. The van der Waals surface area contributed by atoms with Gasteiger partial charge in [-0.15, -0.1) is 11.3 Å². The van der Waals surface area contributed by atoms with Crippen LogP contribution in [-0.4, -0.2) is 18.5 Å². The Balaban J connectivity index is 1.52. The molecule has 0 spiro atoms. The van der Waals surface area contributed by atoms with E-state index >= 15 is 0 Å². The van der Waals surface area contributed by atoms with Crippen LogP contribution < -0.4 is 5.32 Å². The zero-order chi connectivity index (χ0) is 18.5. The van der Waals surface area contributed by atoms with Crippen molar-refractivity contribution in [2.45, 2.75) is 46.0 Å². The van der Waals surface area contributed by atoms with Gasteiger partial charge in [-0.05, 0) is 60.9 Å². The minimum atomic E-state index is -0.408. The normalized spacial score (nSPS) is 16.0. The first-order valence-electron chi connectivity index (χ1n) is 9.26. The van der Waals surface area contributed by atoms with Gasteiger partial charge in [-0.2, -0.15) is 0 Å². The molecule has 5 heteroatoms. The second-order valence-corrected chi connectivity index (χ2v) is 7.89. The summed E-state index contributed by atoms with van der Waals surface area (Å²) >= 11 is 1.51. The Morgan fingerprint density at radius 1 is 1.23 bits per heavy atom. The second-order valence-electron chi connectivity index (χ2n) is 6.75. The molecule has 1 aliphatic carbocycles. The molecular weight excluding hydrogens is 346 g/mol. The molecule has 0 saturated heterocycles. The van der Waals surface area contributed by atoms with Crippen LogP contribution in [0.3, 0.4) is 0 Å². The maximum atomic E-state index is 12.3. The van der Waals surface area contributed by atoms with Gasteiger partial charge in [0.15, 0.2) is 6.61 Å². The summed E-state index contributed by atoms with van der Waals surface area (Å²) in [7, 11) is 0. The van der Waals surface area contributed by atoms with Gasteiger partial charge >= 0.3 is 5.97 Å². The standard InChI is InChI=1S/C21H25NO3S/c1-3-14-5-8-17(9-6-14)22-20(23)13-25-21(24)19-12-16-11-15(4-2)7-10-18(16)26-19/h5-6,8-9,12,15H,3-4,7,10-11,13H2,1-2H3,(H,22,23)/t15-/m0/s1. The molecule has 1 aliphatic rings. The summed E-state index contributed by atoms with van der Waals surface area (Å²) in [5.41, 5.74) is 3.20. The first-order chi connectivity index (χ1) is 12.6. The van der Waals surface area contributed by atoms with Crippen LogP contribution in [0.2, 0.25) is 0 Å². The molecule has 0 unspecified atom stereocenters. The highest BCUT2D eigenvalue weighted by Crippen LogP contribution is 2.33. The quantitative estimate of drug-likeness (QED) is 0.754. The van der Waals surface area contributed by atoms with E-state index in [1.54, 1.807) is 0 Å². The van der Waals surface area contributed by atoms with Crippen LogP contribution in [0.4, 0.5) is 5.69 Å². The number of aryl methyl sites for hydroxylation is 2. The number of fused-ring (bicyclic) bond motifs is 1. The lowest BCUT2D eigenvalue weighted by atomic mass is 9.87. The lowest BCUT2D eigenvalue weighted by Crippen LogP contribution is -2.20. The molecule has 3 rings (SSSR count). The number of thiophene rings is 1. The molecule has 1 heterocycles. The molecule has 0 fully saturated rings. The van der Waals surface area contributed by atoms with Crippen molar-refractivity contribution in [1.82, 2.24) is 0 Å². The SMILES string of the molecule is CCc1ccc(NC(=O)COC(=O)c2cc3c(s2)CC[C@H](CC)C3)cc1. The third-order valence-corrected chi connectivity index (χ3v) is 6.16. The summed E-state index contributed by atoms with van der Waals surface area (Å²) in [6.07, 6.45) is 5.41. The molecule has 0 aliphatic heterocycles. The average molecular weight is 372 g/mol. The number of nitrogens with one attached hydrogen (secondary N) is 1. The molecule has 138 valence electrons. The Bertz CT molecular complexity index is 779. The van der Waals surface area contributed by atoms with Gasteiger partial charge < -0.3 is 10.1 Å². The van der Waals surface area contributed by atoms with Gasteiger partial charge in [0.25, 0.3) is 5.91 Å². The summed E-state index contributed by atoms with van der Waals surface area (Å²) in [5, 5.41) is 2.75. The molecule has 26 heavy (non-hydrogen) atoms. The summed E-state index contributed by atoms with van der Waals surface area (Å²) in [5.74, 6) is -0.0188. The first-order valence-corrected chi connectivity index (χ1v) is 10.1. The number of hydrogen-bond acceptors (Lipinski definition) is 4. The summed E-state index contributed by atoms with van der Waals surface area (Å²) in [6.45, 7) is 4.03. The Labute approximate surface area is 158 Å². The predicted molar refractivity (Wildman–Crippen MR) is 105 cm³/mol. The van der Waals surface area contributed by atoms with Crippen LogP contribution >= 0.6 is 11.3 Å². The van der Waals surface area contributed by atoms with Gasteiger partial charge in [-0.25, -0.2) is 4.79 Å². The van der Waals surface area contributed by atoms with Crippen molar-refractivity contribution < 1.29 is 14.3 Å². The number of rotatable bonds is 6. The maximum absolute atomic E-state index is 12.3. The minimum absolute atomic E-state index is 0.269. The number of carbonyl (C=O) groups excluding carboxylic acids is 2. The van der Waals surface area contributed by atoms with Crippen LogP contribution in [0.25, 0.3) is 0 Å². The number of benzene rings is 1. The maximum Gasteiger partial charge on any atom is 0.348 e. The predicted octanol–water partition coefficient (Wildman–Crippen LogP) is 4.62. The zero-order valence-electron chi connectivity index (χ0n) is 15.3. The highest BCUT2D eigenvalue weighted by Gasteiger charge is 2.23. The van der Waals surface area contributed by atoms with Crippen molar-refractivity contribution in [3.8, 4) is 0 Å². The summed E-state index contributed by atoms with van der Waals surface area (Å²) < 4.78 is 5.20. The van der Waals surface area contributed by atoms with Gasteiger partial charge in [0.2, 0.25) is 0 Å². The van der Waals surface area contributed by atoms with Gasteiger partial charge in [0.1, 0.15) is 4.88 Å². The zero-order valence-corrected chi connectivity index (χ0v) is 16.2. The van der Waals surface area contributed by atoms with Crippen molar-refractivity contribution in [1.29, 1.82) is 0 Å². The van der Waals surface area contributed by atoms with Crippen LogP contribution in [0, 0.1) is 5.92 Å². The molecule has 1 amide bonds. The lowest BCUT2D eigenvalue weighted by molar-refractivity contribution is -0.119. The summed E-state index contributed by atoms with van der Waals surface area (Å²) in [6, 6.07) is 9.61. The fraction of sp³-hybridized carbons (Fsp3) is 0.429. The molecule has 4 nitrogen and oxygen atoms in total. The summed E-state index contributed by atoms with van der Waals surface area (Å²) in [4.78, 5) is 26.2. The molecule has 1 aromatic carbocycles. The Morgan fingerprint density at radius 3 is 2.69 bits per heavy atom. The molecule has 1 N–H and O–H groups in total. The molecule has 2 aromatic rings. The second kappa shape index (κ2) is 8.49. The van der Waals surface area contributed by atoms with E-state index in [-0.39, 0.29) is 12.5 Å². The third kappa shape index (κ3) is 4.52. The Morgan fingerprint density at radius 2 is 2.00 bits per heavy atom. The van der Waals surface area contributed by atoms with Crippen LogP contribution in [0.1, 0.15) is 52.4 Å². The molecule has 1 aromatic heterocycles.